The van der Waals surface area contributed by atoms with Gasteiger partial charge in [-0.3, -0.25) is 14.9 Å². The molecule has 106 valence electrons. The predicted molar refractivity (Wildman–Crippen MR) is 65.3 cm³/mol. The van der Waals surface area contributed by atoms with Crippen LogP contribution in [-0.4, -0.2) is 15.7 Å². The van der Waals surface area contributed by atoms with E-state index in [1.165, 1.54) is 29.9 Å². The minimum atomic E-state index is -4.38. The van der Waals surface area contributed by atoms with Crippen LogP contribution in [0.15, 0.2) is 30.3 Å². The molecule has 3 N–H and O–H groups in total. The molecule has 1 amide bonds. The van der Waals surface area contributed by atoms with Gasteiger partial charge in [0.25, 0.3) is 5.91 Å². The standard InChI is InChI=1S/C12H11F3N4O/c1-19-10(11(20)17-16)6-9(18-19)7-2-4-8(5-3-7)12(13,14)15/h2-6H,16H2,1H3,(H,17,20). The Morgan fingerprint density at radius 1 is 1.30 bits per heavy atom. The van der Waals surface area contributed by atoms with Gasteiger partial charge in [0, 0.05) is 12.6 Å². The molecule has 0 unspecified atom stereocenters. The summed E-state index contributed by atoms with van der Waals surface area (Å²) >= 11 is 0. The van der Waals surface area contributed by atoms with Gasteiger partial charge in [-0.1, -0.05) is 12.1 Å². The van der Waals surface area contributed by atoms with Crippen LogP contribution >= 0.6 is 0 Å². The van der Waals surface area contributed by atoms with Crippen molar-refractivity contribution in [3.05, 3.63) is 41.6 Å². The van der Waals surface area contributed by atoms with Crippen LogP contribution in [0.1, 0.15) is 16.1 Å². The van der Waals surface area contributed by atoms with Crippen molar-refractivity contribution in [3.63, 3.8) is 0 Å². The van der Waals surface area contributed by atoms with E-state index in [4.69, 9.17) is 5.84 Å². The Hall–Kier alpha value is -2.35. The Bertz CT molecular complexity index is 631. The molecule has 1 heterocycles. The number of alkyl halides is 3. The third kappa shape index (κ3) is 2.64. The van der Waals surface area contributed by atoms with Crippen molar-refractivity contribution in [2.45, 2.75) is 6.18 Å². The first kappa shape index (κ1) is 14.1. The fourth-order valence-corrected chi connectivity index (χ4v) is 1.72. The first-order valence-corrected chi connectivity index (χ1v) is 5.55. The minimum Gasteiger partial charge on any atom is -0.289 e. The van der Waals surface area contributed by atoms with Crippen molar-refractivity contribution in [2.24, 2.45) is 12.9 Å². The normalized spacial score (nSPS) is 11.4. The molecule has 2 rings (SSSR count). The first-order valence-electron chi connectivity index (χ1n) is 5.55. The number of nitrogens with one attached hydrogen (secondary N) is 1. The third-order valence-electron chi connectivity index (χ3n) is 2.75. The Morgan fingerprint density at radius 3 is 2.40 bits per heavy atom. The summed E-state index contributed by atoms with van der Waals surface area (Å²) in [5.74, 6) is 4.49. The highest BCUT2D eigenvalue weighted by Crippen LogP contribution is 2.30. The van der Waals surface area contributed by atoms with E-state index < -0.39 is 17.6 Å². The molecule has 0 aliphatic heterocycles. The highest BCUT2D eigenvalue weighted by atomic mass is 19.4. The van der Waals surface area contributed by atoms with Crippen LogP contribution in [0, 0.1) is 0 Å². The van der Waals surface area contributed by atoms with Crippen molar-refractivity contribution in [2.75, 3.05) is 0 Å². The van der Waals surface area contributed by atoms with Gasteiger partial charge in [0.1, 0.15) is 5.69 Å². The molecule has 1 aromatic heterocycles. The number of halogens is 3. The Labute approximate surface area is 112 Å². The number of nitrogens with two attached hydrogens (primary N) is 1. The SMILES string of the molecule is Cn1nc(-c2ccc(C(F)(F)F)cc2)cc1C(=O)NN. The number of amides is 1. The van der Waals surface area contributed by atoms with Crippen LogP contribution in [0.2, 0.25) is 0 Å². The van der Waals surface area contributed by atoms with E-state index in [2.05, 4.69) is 5.10 Å². The molecule has 1 aromatic carbocycles. The molecule has 0 atom stereocenters. The quantitative estimate of drug-likeness (QED) is 0.501. The Balaban J connectivity index is 2.35. The average Bonchev–Trinajstić information content (AvgIpc) is 2.79. The first-order chi connectivity index (χ1) is 9.32. The molecular weight excluding hydrogens is 273 g/mol. The van der Waals surface area contributed by atoms with Crippen LogP contribution in [-0.2, 0) is 13.2 Å². The van der Waals surface area contributed by atoms with Gasteiger partial charge >= 0.3 is 6.18 Å². The Kier molecular flexibility index (Phi) is 3.49. The van der Waals surface area contributed by atoms with E-state index in [9.17, 15) is 18.0 Å². The fraction of sp³-hybridized carbons (Fsp3) is 0.167. The third-order valence-corrected chi connectivity index (χ3v) is 2.75. The monoisotopic (exact) mass is 284 g/mol. The smallest absolute Gasteiger partial charge is 0.289 e. The molecule has 0 saturated carbocycles. The molecule has 20 heavy (non-hydrogen) atoms. The van der Waals surface area contributed by atoms with Gasteiger partial charge < -0.3 is 0 Å². The number of nitrogen functional groups attached to an aromatic ring is 1. The highest BCUT2D eigenvalue weighted by molar-refractivity contribution is 5.93. The number of nitrogens with zero attached hydrogens (tertiary/aromatic N) is 2. The summed E-state index contributed by atoms with van der Waals surface area (Å²) in [5.41, 5.74) is 2.30. The minimum absolute atomic E-state index is 0.211. The molecular formula is C12H11F3N4O. The van der Waals surface area contributed by atoms with Crippen LogP contribution in [0.25, 0.3) is 11.3 Å². The molecule has 0 bridgehead atoms. The maximum Gasteiger partial charge on any atom is 0.416 e. The summed E-state index contributed by atoms with van der Waals surface area (Å²) in [6.45, 7) is 0. The second kappa shape index (κ2) is 4.97. The number of benzene rings is 1. The van der Waals surface area contributed by atoms with Crippen molar-refractivity contribution in [1.29, 1.82) is 0 Å². The second-order valence-corrected chi connectivity index (χ2v) is 4.09. The lowest BCUT2D eigenvalue weighted by atomic mass is 10.1. The lowest BCUT2D eigenvalue weighted by Crippen LogP contribution is -2.31. The van der Waals surface area contributed by atoms with Gasteiger partial charge in [-0.2, -0.15) is 18.3 Å². The molecule has 0 fully saturated rings. The van der Waals surface area contributed by atoms with Gasteiger partial charge in [0.2, 0.25) is 0 Å². The number of carbonyl (C=O) groups is 1. The molecule has 0 aliphatic rings. The number of aryl methyl sites for hydroxylation is 1. The topological polar surface area (TPSA) is 72.9 Å². The van der Waals surface area contributed by atoms with E-state index in [1.807, 2.05) is 5.43 Å². The molecule has 0 saturated heterocycles. The lowest BCUT2D eigenvalue weighted by molar-refractivity contribution is -0.137. The van der Waals surface area contributed by atoms with Gasteiger partial charge in [-0.25, -0.2) is 5.84 Å². The average molecular weight is 284 g/mol. The molecule has 2 aromatic rings. The summed E-state index contributed by atoms with van der Waals surface area (Å²) in [7, 11) is 1.54. The molecule has 0 aliphatic carbocycles. The maximum atomic E-state index is 12.5. The van der Waals surface area contributed by atoms with E-state index >= 15 is 0 Å². The van der Waals surface area contributed by atoms with Gasteiger partial charge in [-0.15, -0.1) is 0 Å². The number of rotatable bonds is 2. The predicted octanol–water partition coefficient (Wildman–Crippen LogP) is 1.71. The molecule has 5 nitrogen and oxygen atoms in total. The van der Waals surface area contributed by atoms with Crippen molar-refractivity contribution >= 4 is 5.91 Å². The number of hydrogen-bond donors (Lipinski definition) is 2. The largest absolute Gasteiger partial charge is 0.416 e. The van der Waals surface area contributed by atoms with Gasteiger partial charge in [-0.05, 0) is 18.2 Å². The zero-order valence-electron chi connectivity index (χ0n) is 10.4. The highest BCUT2D eigenvalue weighted by Gasteiger charge is 2.30. The second-order valence-electron chi connectivity index (χ2n) is 4.09. The summed E-state index contributed by atoms with van der Waals surface area (Å²) in [5, 5.41) is 4.06. The fourth-order valence-electron chi connectivity index (χ4n) is 1.72. The summed E-state index contributed by atoms with van der Waals surface area (Å²) in [6.07, 6.45) is -4.38. The van der Waals surface area contributed by atoms with Crippen LogP contribution < -0.4 is 11.3 Å². The van der Waals surface area contributed by atoms with E-state index in [-0.39, 0.29) is 5.69 Å². The van der Waals surface area contributed by atoms with E-state index in [0.29, 0.717) is 11.3 Å². The van der Waals surface area contributed by atoms with Crippen LogP contribution in [0.3, 0.4) is 0 Å². The van der Waals surface area contributed by atoms with Crippen molar-refractivity contribution in [3.8, 4) is 11.3 Å². The van der Waals surface area contributed by atoms with Crippen LogP contribution in [0.5, 0.6) is 0 Å². The van der Waals surface area contributed by atoms with Gasteiger partial charge in [0.05, 0.1) is 11.3 Å². The number of carbonyl (C=O) groups excluding carboxylic acids is 1. The zero-order chi connectivity index (χ0) is 14.9. The van der Waals surface area contributed by atoms with Crippen molar-refractivity contribution < 1.29 is 18.0 Å². The molecule has 0 spiro atoms. The zero-order valence-corrected chi connectivity index (χ0v) is 10.4. The summed E-state index contributed by atoms with van der Waals surface area (Å²) in [6, 6.07) is 5.98. The number of aromatic nitrogens is 2. The number of hydrogen-bond acceptors (Lipinski definition) is 3. The van der Waals surface area contributed by atoms with Gasteiger partial charge in [0.15, 0.2) is 0 Å². The van der Waals surface area contributed by atoms with E-state index in [1.54, 1.807) is 0 Å². The maximum absolute atomic E-state index is 12.5. The Morgan fingerprint density at radius 2 is 1.90 bits per heavy atom. The summed E-state index contributed by atoms with van der Waals surface area (Å²) in [4.78, 5) is 11.4. The van der Waals surface area contributed by atoms with Crippen LogP contribution in [0.4, 0.5) is 13.2 Å². The van der Waals surface area contributed by atoms with Crippen molar-refractivity contribution in [1.82, 2.24) is 15.2 Å². The number of hydrazine groups is 1. The summed E-state index contributed by atoms with van der Waals surface area (Å²) < 4.78 is 38.7. The molecule has 0 radical (unpaired) electrons. The lowest BCUT2D eigenvalue weighted by Gasteiger charge is -2.06. The van der Waals surface area contributed by atoms with E-state index in [0.717, 1.165) is 12.1 Å². The molecule has 8 heteroatoms.